The van der Waals surface area contributed by atoms with Gasteiger partial charge in [0.25, 0.3) is 11.7 Å². The molecule has 1 amide bonds. The normalized spacial score (nSPS) is 20.8. The van der Waals surface area contributed by atoms with E-state index in [1.165, 1.54) is 0 Å². The monoisotopic (exact) mass is 464 g/mol. The first kappa shape index (κ1) is 24.0. The van der Waals surface area contributed by atoms with Gasteiger partial charge in [-0.25, -0.2) is 0 Å². The van der Waals surface area contributed by atoms with E-state index in [1.54, 1.807) is 23.1 Å². The van der Waals surface area contributed by atoms with Gasteiger partial charge in [-0.2, -0.15) is 0 Å². The van der Waals surface area contributed by atoms with Crippen molar-refractivity contribution in [2.75, 3.05) is 39.4 Å². The standard InChI is InChI=1S/C27H32N2O5/c1-18(2)34-22-10-9-21(17-19(22)3)25(30)23-24(20-7-5-4-6-8-20)29(27(32)26(23)31)12-11-28-13-15-33-16-14-28/h4-10,17-18,24,30H,11-16H2,1-3H3. The van der Waals surface area contributed by atoms with Crippen LogP contribution in [0, 0.1) is 6.92 Å². The predicted octanol–water partition coefficient (Wildman–Crippen LogP) is 3.54. The Kier molecular flexibility index (Phi) is 7.34. The van der Waals surface area contributed by atoms with Crippen molar-refractivity contribution in [2.45, 2.75) is 32.9 Å². The van der Waals surface area contributed by atoms with Gasteiger partial charge in [0.05, 0.1) is 30.9 Å². The molecule has 2 heterocycles. The maximum Gasteiger partial charge on any atom is 0.295 e. The van der Waals surface area contributed by atoms with Crippen LogP contribution in [-0.2, 0) is 14.3 Å². The van der Waals surface area contributed by atoms with Crippen molar-refractivity contribution in [3.05, 3.63) is 70.8 Å². The lowest BCUT2D eigenvalue weighted by Crippen LogP contribution is -2.42. The maximum atomic E-state index is 13.2. The smallest absolute Gasteiger partial charge is 0.295 e. The summed E-state index contributed by atoms with van der Waals surface area (Å²) in [5, 5.41) is 11.3. The van der Waals surface area contributed by atoms with Gasteiger partial charge in [-0.3, -0.25) is 14.5 Å². The second kappa shape index (κ2) is 10.4. The van der Waals surface area contributed by atoms with Crippen molar-refractivity contribution < 1.29 is 24.2 Å². The molecule has 0 radical (unpaired) electrons. The number of amides is 1. The molecule has 2 aromatic carbocycles. The fourth-order valence-corrected chi connectivity index (χ4v) is 4.50. The fraction of sp³-hybridized carbons (Fsp3) is 0.407. The molecule has 1 atom stereocenters. The highest BCUT2D eigenvalue weighted by molar-refractivity contribution is 6.46. The summed E-state index contributed by atoms with van der Waals surface area (Å²) in [4.78, 5) is 30.1. The average Bonchev–Trinajstić information content (AvgIpc) is 3.09. The lowest BCUT2D eigenvalue weighted by molar-refractivity contribution is -0.140. The molecule has 2 aromatic rings. The van der Waals surface area contributed by atoms with E-state index in [0.29, 0.717) is 31.9 Å². The van der Waals surface area contributed by atoms with Gasteiger partial charge in [-0.1, -0.05) is 30.3 Å². The van der Waals surface area contributed by atoms with E-state index >= 15 is 0 Å². The molecule has 180 valence electrons. The van der Waals surface area contributed by atoms with Crippen LogP contribution in [0.1, 0.15) is 36.6 Å². The van der Waals surface area contributed by atoms with E-state index in [9.17, 15) is 14.7 Å². The summed E-state index contributed by atoms with van der Waals surface area (Å²) in [7, 11) is 0. The average molecular weight is 465 g/mol. The summed E-state index contributed by atoms with van der Waals surface area (Å²) in [6.45, 7) is 9.74. The first-order chi connectivity index (χ1) is 16.4. The van der Waals surface area contributed by atoms with Crippen LogP contribution in [0.15, 0.2) is 54.1 Å². The molecule has 2 saturated heterocycles. The third kappa shape index (κ3) is 5.00. The lowest BCUT2D eigenvalue weighted by atomic mass is 9.95. The summed E-state index contributed by atoms with van der Waals surface area (Å²) in [6.07, 6.45) is 0.0213. The number of ether oxygens (including phenoxy) is 2. The van der Waals surface area contributed by atoms with Gasteiger partial charge < -0.3 is 19.5 Å². The minimum atomic E-state index is -0.659. The Morgan fingerprint density at radius 3 is 2.44 bits per heavy atom. The SMILES string of the molecule is Cc1cc(C(O)=C2C(=O)C(=O)N(CCN3CCOCC3)C2c2ccccc2)ccc1OC(C)C. The number of nitrogens with zero attached hydrogens (tertiary/aromatic N) is 2. The van der Waals surface area contributed by atoms with E-state index in [1.807, 2.05) is 51.1 Å². The number of aliphatic hydroxyl groups is 1. The molecule has 0 aliphatic carbocycles. The number of aliphatic hydroxyl groups excluding tert-OH is 1. The van der Waals surface area contributed by atoms with Crippen LogP contribution in [0.4, 0.5) is 0 Å². The van der Waals surface area contributed by atoms with Crippen LogP contribution in [0.2, 0.25) is 0 Å². The molecule has 4 rings (SSSR count). The molecule has 2 aliphatic heterocycles. The summed E-state index contributed by atoms with van der Waals surface area (Å²) in [5.41, 5.74) is 2.24. The molecular weight excluding hydrogens is 432 g/mol. The Labute approximate surface area is 200 Å². The first-order valence-corrected chi connectivity index (χ1v) is 11.8. The van der Waals surface area contributed by atoms with E-state index in [4.69, 9.17) is 9.47 Å². The van der Waals surface area contributed by atoms with Crippen LogP contribution >= 0.6 is 0 Å². The first-order valence-electron chi connectivity index (χ1n) is 11.8. The van der Waals surface area contributed by atoms with E-state index in [0.717, 1.165) is 30.0 Å². The van der Waals surface area contributed by atoms with Gasteiger partial charge >= 0.3 is 0 Å². The molecule has 1 unspecified atom stereocenters. The number of aryl methyl sites for hydroxylation is 1. The zero-order valence-electron chi connectivity index (χ0n) is 20.0. The number of ketones is 1. The van der Waals surface area contributed by atoms with E-state index < -0.39 is 17.7 Å². The molecule has 2 fully saturated rings. The van der Waals surface area contributed by atoms with Gasteiger partial charge in [-0.15, -0.1) is 0 Å². The van der Waals surface area contributed by atoms with Crippen LogP contribution in [0.25, 0.3) is 5.76 Å². The van der Waals surface area contributed by atoms with Crippen molar-refractivity contribution in [1.29, 1.82) is 0 Å². The van der Waals surface area contributed by atoms with Crippen molar-refractivity contribution in [3.63, 3.8) is 0 Å². The minimum Gasteiger partial charge on any atom is -0.507 e. The fourth-order valence-electron chi connectivity index (χ4n) is 4.50. The highest BCUT2D eigenvalue weighted by Gasteiger charge is 2.46. The molecule has 0 aromatic heterocycles. The number of hydrogen-bond donors (Lipinski definition) is 1. The number of likely N-dealkylation sites (tertiary alicyclic amines) is 1. The van der Waals surface area contributed by atoms with Crippen LogP contribution in [0.3, 0.4) is 0 Å². The number of rotatable bonds is 7. The Bertz CT molecular complexity index is 1070. The lowest BCUT2D eigenvalue weighted by Gasteiger charge is -2.31. The Morgan fingerprint density at radius 1 is 1.09 bits per heavy atom. The number of hydrogen-bond acceptors (Lipinski definition) is 6. The third-order valence-electron chi connectivity index (χ3n) is 6.23. The van der Waals surface area contributed by atoms with E-state index in [-0.39, 0.29) is 17.4 Å². The number of carbonyl (C=O) groups excluding carboxylic acids is 2. The predicted molar refractivity (Wildman–Crippen MR) is 130 cm³/mol. The highest BCUT2D eigenvalue weighted by Crippen LogP contribution is 2.39. The van der Waals surface area contributed by atoms with Crippen molar-refractivity contribution >= 4 is 17.4 Å². The Balaban J connectivity index is 1.70. The van der Waals surface area contributed by atoms with Gasteiger partial charge in [0.2, 0.25) is 0 Å². The molecule has 1 N–H and O–H groups in total. The topological polar surface area (TPSA) is 79.3 Å². The van der Waals surface area contributed by atoms with Gasteiger partial charge in [0, 0.05) is 31.7 Å². The molecule has 2 aliphatic rings. The summed E-state index contributed by atoms with van der Waals surface area (Å²) in [5.74, 6) is -0.689. The van der Waals surface area contributed by atoms with Crippen molar-refractivity contribution in [1.82, 2.24) is 9.80 Å². The van der Waals surface area contributed by atoms with Gasteiger partial charge in [0.1, 0.15) is 11.5 Å². The molecule has 0 spiro atoms. The minimum absolute atomic E-state index is 0.0213. The second-order valence-electron chi connectivity index (χ2n) is 9.00. The number of morpholine rings is 1. The number of carbonyl (C=O) groups is 2. The zero-order valence-corrected chi connectivity index (χ0v) is 20.0. The maximum absolute atomic E-state index is 13.2. The second-order valence-corrected chi connectivity index (χ2v) is 9.00. The number of Topliss-reactive ketones (excluding diaryl/α,β-unsaturated/α-hetero) is 1. The number of benzene rings is 2. The van der Waals surface area contributed by atoms with E-state index in [2.05, 4.69) is 4.90 Å². The molecule has 7 nitrogen and oxygen atoms in total. The zero-order chi connectivity index (χ0) is 24.2. The summed E-state index contributed by atoms with van der Waals surface area (Å²) < 4.78 is 11.2. The molecule has 0 bridgehead atoms. The van der Waals surface area contributed by atoms with Crippen molar-refractivity contribution in [3.8, 4) is 5.75 Å². The third-order valence-corrected chi connectivity index (χ3v) is 6.23. The molecule has 7 heteroatoms. The molecule has 0 saturated carbocycles. The van der Waals surface area contributed by atoms with Gasteiger partial charge in [0.15, 0.2) is 0 Å². The molecular formula is C27H32N2O5. The van der Waals surface area contributed by atoms with Crippen LogP contribution < -0.4 is 4.74 Å². The van der Waals surface area contributed by atoms with Crippen LogP contribution in [0.5, 0.6) is 5.75 Å². The van der Waals surface area contributed by atoms with Crippen LogP contribution in [-0.4, -0.2) is 72.1 Å². The summed E-state index contributed by atoms with van der Waals surface area (Å²) in [6, 6.07) is 14.1. The van der Waals surface area contributed by atoms with Gasteiger partial charge in [-0.05, 0) is 50.1 Å². The van der Waals surface area contributed by atoms with Crippen molar-refractivity contribution in [2.24, 2.45) is 0 Å². The Morgan fingerprint density at radius 2 is 1.79 bits per heavy atom. The quantitative estimate of drug-likeness (QED) is 0.384. The molecule has 34 heavy (non-hydrogen) atoms. The highest BCUT2D eigenvalue weighted by atomic mass is 16.5. The Hall–Kier alpha value is -3.16. The summed E-state index contributed by atoms with van der Waals surface area (Å²) >= 11 is 0. The largest absolute Gasteiger partial charge is 0.507 e.